The number of nitrogens with zero attached hydrogens (tertiary/aromatic N) is 1. The number of halogens is 5. The first-order chi connectivity index (χ1) is 19.9. The first-order valence-electron chi connectivity index (χ1n) is 14.0. The fourth-order valence-electron chi connectivity index (χ4n) is 6.39. The van der Waals surface area contributed by atoms with Crippen molar-refractivity contribution in [2.45, 2.75) is 62.4 Å². The number of hydrogen-bond donors (Lipinski definition) is 2. The number of nitrogens with one attached hydrogen (secondary N) is 1. The maximum Gasteiger partial charge on any atom is 0.416 e. The second-order valence-electron chi connectivity index (χ2n) is 11.4. The minimum atomic E-state index is -4.58. The number of esters is 1. The summed E-state index contributed by atoms with van der Waals surface area (Å²) in [5, 5.41) is 13.1. The molecular weight excluding hydrogens is 671 g/mol. The minimum absolute atomic E-state index is 0.0138. The van der Waals surface area contributed by atoms with E-state index >= 15 is 0 Å². The lowest BCUT2D eigenvalue weighted by Crippen LogP contribution is -2.58. The Morgan fingerprint density at radius 2 is 1.88 bits per heavy atom. The normalized spacial score (nSPS) is 27.0. The van der Waals surface area contributed by atoms with E-state index in [-0.39, 0.29) is 57.7 Å². The Morgan fingerprint density at radius 3 is 2.48 bits per heavy atom. The molecular formula is C30H33F4IN2O5. The molecule has 0 unspecified atom stereocenters. The third-order valence-electron chi connectivity index (χ3n) is 8.88. The molecule has 2 aromatic rings. The van der Waals surface area contributed by atoms with Crippen molar-refractivity contribution >= 4 is 34.5 Å². The predicted octanol–water partition coefficient (Wildman–Crippen LogP) is 5.38. The van der Waals surface area contributed by atoms with Crippen molar-refractivity contribution in [3.63, 3.8) is 0 Å². The second kappa shape index (κ2) is 12.3. The van der Waals surface area contributed by atoms with Crippen LogP contribution in [-0.2, 0) is 31.8 Å². The molecule has 42 heavy (non-hydrogen) atoms. The Kier molecular flexibility index (Phi) is 9.06. The molecule has 5 rings (SSSR count). The third-order valence-corrected chi connectivity index (χ3v) is 9.70. The Labute approximate surface area is 255 Å². The average Bonchev–Trinajstić information content (AvgIpc) is 3.83. The Balaban J connectivity index is 1.24. The van der Waals surface area contributed by atoms with Gasteiger partial charge in [-0.15, -0.1) is 0 Å². The number of phenols is 1. The van der Waals surface area contributed by atoms with Crippen LogP contribution in [0, 0.1) is 21.2 Å². The van der Waals surface area contributed by atoms with Crippen LogP contribution in [0.4, 0.5) is 17.6 Å². The number of methoxy groups -OCH3 is 1. The number of hydrogen-bond acceptors (Lipinski definition) is 6. The molecule has 3 fully saturated rings. The molecule has 3 aliphatic rings. The summed E-state index contributed by atoms with van der Waals surface area (Å²) < 4.78 is 64.9. The highest BCUT2D eigenvalue weighted by molar-refractivity contribution is 14.1. The lowest BCUT2D eigenvalue weighted by atomic mass is 9.79. The zero-order chi connectivity index (χ0) is 30.2. The van der Waals surface area contributed by atoms with Gasteiger partial charge in [0.25, 0.3) is 5.91 Å². The van der Waals surface area contributed by atoms with Gasteiger partial charge in [-0.25, -0.2) is 4.39 Å². The van der Waals surface area contributed by atoms with E-state index in [0.717, 1.165) is 30.5 Å². The molecule has 228 valence electrons. The van der Waals surface area contributed by atoms with E-state index in [1.54, 1.807) is 34.7 Å². The number of ether oxygens (including phenoxy) is 2. The maximum atomic E-state index is 13.5. The van der Waals surface area contributed by atoms with E-state index in [0.29, 0.717) is 32.4 Å². The van der Waals surface area contributed by atoms with Gasteiger partial charge in [0.2, 0.25) is 0 Å². The van der Waals surface area contributed by atoms with Crippen molar-refractivity contribution in [3.8, 4) is 5.75 Å². The molecule has 7 nitrogen and oxygen atoms in total. The molecule has 0 radical (unpaired) electrons. The summed E-state index contributed by atoms with van der Waals surface area (Å²) in [6, 6.07) is 7.89. The van der Waals surface area contributed by atoms with Crippen molar-refractivity contribution in [2.24, 2.45) is 11.8 Å². The van der Waals surface area contributed by atoms with Crippen molar-refractivity contribution in [2.75, 3.05) is 26.8 Å². The number of phenolic OH excluding ortho intramolecular Hbond substituents is 1. The minimum Gasteiger partial charge on any atom is -0.506 e. The van der Waals surface area contributed by atoms with Crippen LogP contribution in [0.25, 0.3) is 0 Å². The molecule has 1 saturated carbocycles. The monoisotopic (exact) mass is 704 g/mol. The summed E-state index contributed by atoms with van der Waals surface area (Å²) >= 11 is 1.64. The molecule has 2 aromatic carbocycles. The summed E-state index contributed by atoms with van der Waals surface area (Å²) in [5.41, 5.74) is -1.11. The SMILES string of the molecule is COC(=O)[C@@H]1CN([C@@H]2CC[C@@](C(=O)NCc3cc(C(F)(F)F)cc(I)c3O)(C3CC3)OC2)CC[C@H]1c1ccc(F)cc1. The molecule has 1 aliphatic carbocycles. The molecule has 0 bridgehead atoms. The molecule has 0 spiro atoms. The van der Waals surface area contributed by atoms with E-state index in [9.17, 15) is 32.3 Å². The smallest absolute Gasteiger partial charge is 0.416 e. The summed E-state index contributed by atoms with van der Waals surface area (Å²) in [6.07, 6.45) is -1.19. The Morgan fingerprint density at radius 1 is 1.17 bits per heavy atom. The van der Waals surface area contributed by atoms with Gasteiger partial charge in [0.1, 0.15) is 17.2 Å². The van der Waals surface area contributed by atoms with Crippen LogP contribution < -0.4 is 5.32 Å². The number of amides is 1. The van der Waals surface area contributed by atoms with E-state index in [2.05, 4.69) is 10.2 Å². The number of aromatic hydroxyl groups is 1. The van der Waals surface area contributed by atoms with Crippen LogP contribution in [0.5, 0.6) is 5.75 Å². The quantitative estimate of drug-likeness (QED) is 0.229. The fraction of sp³-hybridized carbons (Fsp3) is 0.533. The zero-order valence-corrected chi connectivity index (χ0v) is 25.2. The number of piperidine rings is 1. The third kappa shape index (κ3) is 6.40. The molecule has 4 atom stereocenters. The number of alkyl halides is 3. The largest absolute Gasteiger partial charge is 0.506 e. The van der Waals surface area contributed by atoms with Gasteiger partial charge in [0, 0.05) is 24.7 Å². The topological polar surface area (TPSA) is 88.1 Å². The standard InChI is InChI=1S/C30H33F4IN2O5/c1-41-27(39)24-15-37(11-9-23(24)17-2-6-21(31)7-3-17)22-8-10-29(42-16-22,19-4-5-19)28(40)36-14-18-12-20(30(32,33)34)13-25(35)26(18)38/h2-3,6-7,12-13,19,22-24,38H,4-5,8-11,14-16H2,1H3,(H,36,40)/t22-,23+,24-,29+/m1/s1. The van der Waals surface area contributed by atoms with E-state index in [1.807, 2.05) is 0 Å². The van der Waals surface area contributed by atoms with Crippen LogP contribution in [0.2, 0.25) is 0 Å². The highest BCUT2D eigenvalue weighted by Crippen LogP contribution is 2.48. The van der Waals surface area contributed by atoms with Gasteiger partial charge in [0.15, 0.2) is 0 Å². The summed E-state index contributed by atoms with van der Waals surface area (Å²) in [7, 11) is 1.36. The van der Waals surface area contributed by atoms with Crippen molar-refractivity contribution in [1.82, 2.24) is 10.2 Å². The van der Waals surface area contributed by atoms with Crippen LogP contribution in [0.3, 0.4) is 0 Å². The van der Waals surface area contributed by atoms with Gasteiger partial charge in [-0.2, -0.15) is 13.2 Å². The molecule has 2 saturated heterocycles. The lowest BCUT2D eigenvalue weighted by molar-refractivity contribution is -0.167. The maximum absolute atomic E-state index is 13.5. The van der Waals surface area contributed by atoms with Gasteiger partial charge in [-0.1, -0.05) is 12.1 Å². The zero-order valence-electron chi connectivity index (χ0n) is 23.1. The number of likely N-dealkylation sites (tertiary alicyclic amines) is 1. The predicted molar refractivity (Wildman–Crippen MR) is 153 cm³/mol. The van der Waals surface area contributed by atoms with E-state index < -0.39 is 29.2 Å². The van der Waals surface area contributed by atoms with Crippen molar-refractivity contribution < 1.29 is 41.7 Å². The van der Waals surface area contributed by atoms with Crippen molar-refractivity contribution in [1.29, 1.82) is 0 Å². The van der Waals surface area contributed by atoms with Gasteiger partial charge < -0.3 is 19.9 Å². The number of carbonyl (C=O) groups is 2. The highest BCUT2D eigenvalue weighted by atomic mass is 127. The first-order valence-corrected chi connectivity index (χ1v) is 15.1. The van der Waals surface area contributed by atoms with Crippen molar-refractivity contribution in [3.05, 3.63) is 62.5 Å². The molecule has 1 amide bonds. The van der Waals surface area contributed by atoms with Gasteiger partial charge >= 0.3 is 12.1 Å². The highest BCUT2D eigenvalue weighted by Gasteiger charge is 2.54. The summed E-state index contributed by atoms with van der Waals surface area (Å²) in [6.45, 7) is 1.15. The Bertz CT molecular complexity index is 1310. The fourth-order valence-corrected chi connectivity index (χ4v) is 7.07. The molecule has 2 N–H and O–H groups in total. The number of rotatable bonds is 7. The molecule has 0 aromatic heterocycles. The van der Waals surface area contributed by atoms with Crippen LogP contribution in [-0.4, -0.2) is 60.3 Å². The van der Waals surface area contributed by atoms with Crippen LogP contribution in [0.15, 0.2) is 36.4 Å². The summed E-state index contributed by atoms with van der Waals surface area (Å²) in [4.78, 5) is 28.4. The number of carbonyl (C=O) groups excluding carboxylic acids is 2. The average molecular weight is 704 g/mol. The Hall–Kier alpha value is -2.45. The van der Waals surface area contributed by atoms with Crippen LogP contribution >= 0.6 is 22.6 Å². The van der Waals surface area contributed by atoms with Gasteiger partial charge in [0.05, 0.1) is 28.8 Å². The molecule has 2 heterocycles. The lowest BCUT2D eigenvalue weighted by Gasteiger charge is -2.46. The molecule has 2 aliphatic heterocycles. The first kappa shape index (κ1) is 31.0. The second-order valence-corrected chi connectivity index (χ2v) is 12.5. The van der Waals surface area contributed by atoms with Crippen LogP contribution in [0.1, 0.15) is 54.7 Å². The van der Waals surface area contributed by atoms with Gasteiger partial charge in [-0.05, 0) is 103 Å². The van der Waals surface area contributed by atoms with E-state index in [4.69, 9.17) is 9.47 Å². The van der Waals surface area contributed by atoms with E-state index in [1.165, 1.54) is 19.2 Å². The van der Waals surface area contributed by atoms with Gasteiger partial charge in [-0.3, -0.25) is 14.5 Å². The molecule has 12 heteroatoms. The number of benzene rings is 2. The summed E-state index contributed by atoms with van der Waals surface area (Å²) in [5.74, 6) is -1.88.